The van der Waals surface area contributed by atoms with Gasteiger partial charge in [0.25, 0.3) is 10.1 Å². The Kier molecular flexibility index (Phi) is 5.33. The first kappa shape index (κ1) is 19.9. The molecule has 6 nitrogen and oxygen atoms in total. The van der Waals surface area contributed by atoms with Gasteiger partial charge in [-0.2, -0.15) is 8.42 Å². The fourth-order valence-electron chi connectivity index (χ4n) is 3.26. The van der Waals surface area contributed by atoms with Crippen LogP contribution in [0.2, 0.25) is 0 Å². The molecule has 146 valence electrons. The highest BCUT2D eigenvalue weighted by Gasteiger charge is 2.50. The smallest absolute Gasteiger partial charge is 0.310 e. The van der Waals surface area contributed by atoms with Gasteiger partial charge < -0.3 is 4.74 Å². The summed E-state index contributed by atoms with van der Waals surface area (Å²) in [4.78, 5) is 26.0. The Bertz CT molecular complexity index is 993. The molecule has 1 aliphatic heterocycles. The van der Waals surface area contributed by atoms with Crippen LogP contribution >= 0.6 is 10.3 Å². The summed E-state index contributed by atoms with van der Waals surface area (Å²) in [5, 5.41) is 1.28. The zero-order chi connectivity index (χ0) is 19.8. The summed E-state index contributed by atoms with van der Waals surface area (Å²) < 4.78 is 34.8. The van der Waals surface area contributed by atoms with Crippen molar-refractivity contribution >= 4 is 42.3 Å². The van der Waals surface area contributed by atoms with Crippen molar-refractivity contribution in [1.82, 2.24) is 0 Å². The molecule has 0 saturated carbocycles. The molecule has 1 aliphatic rings. The Balaban J connectivity index is 2.14. The molecule has 0 spiro atoms. The standard InChI is InChI=1S/C19H22O6S2/c1-13(2)24-19(21)15-11-18(20)27(12-15,25-26(3,22)23)17-10-6-8-14-7-4-5-9-16(14)17/h4-10,13,15H,11-12H2,1-3H3. The third kappa shape index (κ3) is 4.02. The summed E-state index contributed by atoms with van der Waals surface area (Å²) in [5.41, 5.74) is 0. The number of rotatable bonds is 5. The number of carbonyl (C=O) groups is 2. The van der Waals surface area contributed by atoms with Crippen LogP contribution < -0.4 is 0 Å². The predicted octanol–water partition coefficient (Wildman–Crippen LogP) is 3.39. The van der Waals surface area contributed by atoms with Gasteiger partial charge in [0, 0.05) is 17.1 Å². The van der Waals surface area contributed by atoms with E-state index in [9.17, 15) is 18.0 Å². The van der Waals surface area contributed by atoms with Crippen molar-refractivity contribution in [1.29, 1.82) is 0 Å². The number of hydrogen-bond acceptors (Lipinski definition) is 6. The molecule has 3 rings (SSSR count). The SMILES string of the molecule is CC(C)OC(=O)C1CC(=O)S(OS(C)(=O)=O)(c2cccc3ccccc23)C1. The third-order valence-corrected chi connectivity index (χ3v) is 9.01. The van der Waals surface area contributed by atoms with E-state index >= 15 is 0 Å². The number of hydrogen-bond donors (Lipinski definition) is 0. The lowest BCUT2D eigenvalue weighted by molar-refractivity contribution is -0.152. The quantitative estimate of drug-likeness (QED) is 0.702. The van der Waals surface area contributed by atoms with E-state index in [1.54, 1.807) is 26.0 Å². The highest BCUT2D eigenvalue weighted by molar-refractivity contribution is 8.44. The largest absolute Gasteiger partial charge is 0.463 e. The van der Waals surface area contributed by atoms with Gasteiger partial charge in [0.15, 0.2) is 5.12 Å². The highest BCUT2D eigenvalue weighted by atomic mass is 32.3. The van der Waals surface area contributed by atoms with E-state index in [1.807, 2.05) is 30.3 Å². The van der Waals surface area contributed by atoms with Crippen LogP contribution in [0.1, 0.15) is 20.3 Å². The molecule has 0 aromatic heterocycles. The fraction of sp³-hybridized carbons (Fsp3) is 0.368. The van der Waals surface area contributed by atoms with E-state index in [2.05, 4.69) is 0 Å². The van der Waals surface area contributed by atoms with Crippen LogP contribution in [0, 0.1) is 5.92 Å². The van der Waals surface area contributed by atoms with Crippen molar-refractivity contribution in [2.75, 3.05) is 12.0 Å². The minimum absolute atomic E-state index is 0.0124. The molecule has 0 aliphatic carbocycles. The van der Waals surface area contributed by atoms with Crippen molar-refractivity contribution < 1.29 is 26.4 Å². The van der Waals surface area contributed by atoms with E-state index < -0.39 is 32.3 Å². The maximum Gasteiger partial charge on any atom is 0.310 e. The fourth-order valence-corrected chi connectivity index (χ4v) is 8.51. The molecule has 2 aromatic rings. The molecule has 27 heavy (non-hydrogen) atoms. The number of carbonyl (C=O) groups excluding carboxylic acids is 2. The number of esters is 1. The zero-order valence-electron chi connectivity index (χ0n) is 15.4. The molecular formula is C19H22O6S2. The van der Waals surface area contributed by atoms with Crippen LogP contribution in [0.25, 0.3) is 10.8 Å². The number of ether oxygens (including phenoxy) is 1. The van der Waals surface area contributed by atoms with E-state index in [-0.39, 0.29) is 23.4 Å². The second-order valence-corrected chi connectivity index (χ2v) is 11.4. The molecule has 0 N–H and O–H groups in total. The van der Waals surface area contributed by atoms with Crippen LogP contribution in [0.5, 0.6) is 0 Å². The van der Waals surface area contributed by atoms with Crippen molar-refractivity contribution in [2.24, 2.45) is 5.92 Å². The van der Waals surface area contributed by atoms with Gasteiger partial charge in [0.1, 0.15) is 0 Å². The van der Waals surface area contributed by atoms with Crippen molar-refractivity contribution in [2.45, 2.75) is 31.3 Å². The highest BCUT2D eigenvalue weighted by Crippen LogP contribution is 2.66. The summed E-state index contributed by atoms with van der Waals surface area (Å²) in [6.07, 6.45) is 0.533. The van der Waals surface area contributed by atoms with Crippen LogP contribution in [-0.2, 0) is 28.1 Å². The molecule has 0 bridgehead atoms. The molecule has 0 radical (unpaired) electrons. The van der Waals surface area contributed by atoms with Crippen molar-refractivity contribution in [3.8, 4) is 0 Å². The monoisotopic (exact) mass is 410 g/mol. The first-order valence-corrected chi connectivity index (χ1v) is 12.1. The average molecular weight is 411 g/mol. The second kappa shape index (κ2) is 7.26. The van der Waals surface area contributed by atoms with Crippen LogP contribution in [0.15, 0.2) is 47.4 Å². The summed E-state index contributed by atoms with van der Waals surface area (Å²) in [7, 11) is -6.78. The van der Waals surface area contributed by atoms with Gasteiger partial charge in [-0.25, -0.2) is 3.63 Å². The van der Waals surface area contributed by atoms with Gasteiger partial charge in [-0.15, -0.1) is 0 Å². The lowest BCUT2D eigenvalue weighted by Gasteiger charge is -2.33. The molecule has 2 atom stereocenters. The van der Waals surface area contributed by atoms with Crippen LogP contribution in [0.3, 0.4) is 0 Å². The molecule has 1 fully saturated rings. The third-order valence-electron chi connectivity index (χ3n) is 4.25. The Labute approximate surface area is 160 Å². The Morgan fingerprint density at radius 2 is 1.81 bits per heavy atom. The molecule has 1 saturated heterocycles. The van der Waals surface area contributed by atoms with Gasteiger partial charge in [-0.1, -0.05) is 36.4 Å². The minimum atomic E-state index is -3.92. The van der Waals surface area contributed by atoms with Gasteiger partial charge in [-0.3, -0.25) is 9.59 Å². The van der Waals surface area contributed by atoms with E-state index in [0.717, 1.165) is 17.0 Å². The van der Waals surface area contributed by atoms with Gasteiger partial charge in [0.2, 0.25) is 0 Å². The van der Waals surface area contributed by atoms with Gasteiger partial charge in [0.05, 0.1) is 18.3 Å². The maximum atomic E-state index is 13.1. The first-order valence-electron chi connectivity index (χ1n) is 8.55. The molecule has 1 heterocycles. The molecule has 2 unspecified atom stereocenters. The number of benzene rings is 2. The molecule has 2 aromatic carbocycles. The summed E-state index contributed by atoms with van der Waals surface area (Å²) in [6.45, 7) is 3.46. The molecule has 0 amide bonds. The summed E-state index contributed by atoms with van der Waals surface area (Å²) in [6, 6.07) is 12.8. The topological polar surface area (TPSA) is 86.7 Å². The molecule has 8 heteroatoms. The van der Waals surface area contributed by atoms with E-state index in [0.29, 0.717) is 4.90 Å². The lowest BCUT2D eigenvalue weighted by Crippen LogP contribution is -2.22. The average Bonchev–Trinajstić information content (AvgIpc) is 2.89. The molecular weight excluding hydrogens is 388 g/mol. The first-order chi connectivity index (χ1) is 12.6. The Morgan fingerprint density at radius 3 is 2.48 bits per heavy atom. The summed E-state index contributed by atoms with van der Waals surface area (Å²) in [5.74, 6) is -1.20. The van der Waals surface area contributed by atoms with Gasteiger partial charge in [-0.05, 0) is 41.0 Å². The van der Waals surface area contributed by atoms with E-state index in [4.69, 9.17) is 8.37 Å². The van der Waals surface area contributed by atoms with Crippen LogP contribution in [-0.4, -0.2) is 37.6 Å². The minimum Gasteiger partial charge on any atom is -0.463 e. The second-order valence-electron chi connectivity index (χ2n) is 6.85. The predicted molar refractivity (Wildman–Crippen MR) is 105 cm³/mol. The van der Waals surface area contributed by atoms with Crippen molar-refractivity contribution in [3.05, 3.63) is 42.5 Å². The van der Waals surface area contributed by atoms with Gasteiger partial charge >= 0.3 is 5.97 Å². The normalized spacial score (nSPS) is 25.5. The number of fused-ring (bicyclic) bond motifs is 1. The Hall–Kier alpha value is -1.90. The lowest BCUT2D eigenvalue weighted by atomic mass is 10.1. The van der Waals surface area contributed by atoms with E-state index in [1.165, 1.54) is 0 Å². The zero-order valence-corrected chi connectivity index (χ0v) is 17.0. The van der Waals surface area contributed by atoms with Crippen LogP contribution in [0.4, 0.5) is 0 Å². The Morgan fingerprint density at radius 1 is 1.15 bits per heavy atom. The maximum absolute atomic E-state index is 13.1. The van der Waals surface area contributed by atoms with Crippen molar-refractivity contribution in [3.63, 3.8) is 0 Å². The summed E-state index contributed by atoms with van der Waals surface area (Å²) >= 11 is 0.